The molecule has 1 atom stereocenters. The molecular weight excluding hydrogens is 324 g/mol. The van der Waals surface area contributed by atoms with Crippen LogP contribution in [0.3, 0.4) is 0 Å². The van der Waals surface area contributed by atoms with Gasteiger partial charge < -0.3 is 15.1 Å². The summed E-state index contributed by atoms with van der Waals surface area (Å²) in [6, 6.07) is 10.5. The number of hydrogen-bond donors (Lipinski definition) is 1. The van der Waals surface area contributed by atoms with Crippen molar-refractivity contribution in [3.05, 3.63) is 48.3 Å². The average Bonchev–Trinajstić information content (AvgIpc) is 3.08. The van der Waals surface area contributed by atoms with Crippen molar-refractivity contribution < 1.29 is 0 Å². The largest absolute Gasteiger partial charge is 0.343 e. The first-order chi connectivity index (χ1) is 12.6. The van der Waals surface area contributed by atoms with Crippen molar-refractivity contribution in [3.63, 3.8) is 0 Å². The molecule has 140 valence electrons. The van der Waals surface area contributed by atoms with E-state index < -0.39 is 0 Å². The molecule has 0 amide bonds. The second kappa shape index (κ2) is 8.85. The number of aromatic nitrogens is 2. The molecule has 1 aliphatic heterocycles. The quantitative estimate of drug-likeness (QED) is 0.662. The van der Waals surface area contributed by atoms with Crippen molar-refractivity contribution in [2.45, 2.75) is 25.3 Å². The van der Waals surface area contributed by atoms with Crippen molar-refractivity contribution in [1.29, 1.82) is 0 Å². The summed E-state index contributed by atoms with van der Waals surface area (Å²) in [4.78, 5) is 9.59. The van der Waals surface area contributed by atoms with Gasteiger partial charge in [0.1, 0.15) is 0 Å². The molecular formula is C20H30N6. The number of nitrogens with zero attached hydrogens (tertiary/aromatic N) is 5. The van der Waals surface area contributed by atoms with Crippen LogP contribution in [-0.2, 0) is 7.05 Å². The van der Waals surface area contributed by atoms with Crippen LogP contribution in [-0.4, -0.2) is 59.3 Å². The molecule has 2 aromatic rings. The minimum Gasteiger partial charge on any atom is -0.343 e. The van der Waals surface area contributed by atoms with Gasteiger partial charge in [-0.3, -0.25) is 9.67 Å². The molecule has 6 nitrogen and oxygen atoms in total. The Morgan fingerprint density at radius 3 is 2.54 bits per heavy atom. The third-order valence-corrected chi connectivity index (χ3v) is 4.83. The standard InChI is InChI=1S/C20H30N6/c1-24(2)19(17-14-22-25(3)16-17)15-21-20(26-12-8-5-9-13-26)23-18-10-6-4-7-11-18/h4,6-7,10-11,14,16,19H,5,8-9,12-13,15H2,1-3H3,(H,21,23). The summed E-state index contributed by atoms with van der Waals surface area (Å²) in [7, 11) is 6.15. The SMILES string of the molecule is CN(C)C(CN=C(Nc1ccccc1)N1CCCCC1)c1cnn(C)c1. The van der Waals surface area contributed by atoms with Crippen LogP contribution in [0.15, 0.2) is 47.7 Å². The lowest BCUT2D eigenvalue weighted by Crippen LogP contribution is -2.40. The van der Waals surface area contributed by atoms with Gasteiger partial charge in [-0.05, 0) is 45.5 Å². The van der Waals surface area contributed by atoms with Crippen LogP contribution in [0.1, 0.15) is 30.9 Å². The van der Waals surface area contributed by atoms with Crippen LogP contribution < -0.4 is 5.32 Å². The van der Waals surface area contributed by atoms with Gasteiger partial charge in [-0.25, -0.2) is 0 Å². The molecule has 3 rings (SSSR count). The summed E-state index contributed by atoms with van der Waals surface area (Å²) in [5, 5.41) is 7.86. The van der Waals surface area contributed by atoms with Gasteiger partial charge in [0.05, 0.1) is 18.8 Å². The first kappa shape index (κ1) is 18.5. The molecule has 0 spiro atoms. The summed E-state index contributed by atoms with van der Waals surface area (Å²) in [6.45, 7) is 2.83. The second-order valence-electron chi connectivity index (χ2n) is 7.13. The number of aliphatic imine (C=N–C) groups is 1. The molecule has 2 heterocycles. The lowest BCUT2D eigenvalue weighted by molar-refractivity contribution is 0.302. The van der Waals surface area contributed by atoms with Gasteiger partial charge in [0.25, 0.3) is 0 Å². The molecule has 26 heavy (non-hydrogen) atoms. The monoisotopic (exact) mass is 354 g/mol. The fraction of sp³-hybridized carbons (Fsp3) is 0.500. The number of rotatable bonds is 5. The van der Waals surface area contributed by atoms with Gasteiger partial charge in [0, 0.05) is 37.6 Å². The zero-order valence-corrected chi connectivity index (χ0v) is 16.1. The maximum atomic E-state index is 5.00. The first-order valence-corrected chi connectivity index (χ1v) is 9.40. The van der Waals surface area contributed by atoms with E-state index in [0.717, 1.165) is 24.7 Å². The second-order valence-corrected chi connectivity index (χ2v) is 7.13. The molecule has 1 aromatic heterocycles. The summed E-state index contributed by atoms with van der Waals surface area (Å²) < 4.78 is 1.85. The molecule has 6 heteroatoms. The van der Waals surface area contributed by atoms with Crippen LogP contribution in [0, 0.1) is 0 Å². The number of likely N-dealkylation sites (N-methyl/N-ethyl adjacent to an activating group) is 1. The Balaban J connectivity index is 1.79. The minimum absolute atomic E-state index is 0.209. The van der Waals surface area contributed by atoms with Crippen LogP contribution in [0.4, 0.5) is 5.69 Å². The summed E-state index contributed by atoms with van der Waals surface area (Å²) >= 11 is 0. The van der Waals surface area contributed by atoms with E-state index in [0.29, 0.717) is 6.54 Å². The van der Waals surface area contributed by atoms with Crippen LogP contribution >= 0.6 is 0 Å². The fourth-order valence-corrected chi connectivity index (χ4v) is 3.33. The zero-order valence-electron chi connectivity index (χ0n) is 16.1. The Kier molecular flexibility index (Phi) is 6.28. The van der Waals surface area contributed by atoms with Crippen molar-refractivity contribution in [3.8, 4) is 0 Å². The maximum Gasteiger partial charge on any atom is 0.198 e. The zero-order chi connectivity index (χ0) is 18.4. The number of likely N-dealkylation sites (tertiary alicyclic amines) is 1. The topological polar surface area (TPSA) is 48.7 Å². The minimum atomic E-state index is 0.209. The maximum absolute atomic E-state index is 5.00. The van der Waals surface area contributed by atoms with E-state index in [1.807, 2.05) is 24.0 Å². The highest BCUT2D eigenvalue weighted by atomic mass is 15.3. The lowest BCUT2D eigenvalue weighted by Gasteiger charge is -2.31. The molecule has 0 radical (unpaired) electrons. The van der Waals surface area contributed by atoms with E-state index in [9.17, 15) is 0 Å². The van der Waals surface area contributed by atoms with Gasteiger partial charge in [-0.15, -0.1) is 0 Å². The summed E-state index contributed by atoms with van der Waals surface area (Å²) in [5.41, 5.74) is 2.28. The Bertz CT molecular complexity index is 700. The van der Waals surface area contributed by atoms with E-state index >= 15 is 0 Å². The third-order valence-electron chi connectivity index (χ3n) is 4.83. The van der Waals surface area contributed by atoms with Gasteiger partial charge in [-0.2, -0.15) is 5.10 Å². The highest BCUT2D eigenvalue weighted by molar-refractivity contribution is 5.93. The number of anilines is 1. The van der Waals surface area contributed by atoms with E-state index in [1.54, 1.807) is 0 Å². The van der Waals surface area contributed by atoms with Gasteiger partial charge in [0.15, 0.2) is 5.96 Å². The molecule has 0 saturated carbocycles. The number of aryl methyl sites for hydroxylation is 1. The molecule has 1 aromatic carbocycles. The number of benzene rings is 1. The number of nitrogens with one attached hydrogen (secondary N) is 1. The number of piperidine rings is 1. The predicted molar refractivity (Wildman–Crippen MR) is 107 cm³/mol. The smallest absolute Gasteiger partial charge is 0.198 e. The average molecular weight is 355 g/mol. The fourth-order valence-electron chi connectivity index (χ4n) is 3.33. The predicted octanol–water partition coefficient (Wildman–Crippen LogP) is 2.98. The van der Waals surface area contributed by atoms with E-state index in [2.05, 4.69) is 64.8 Å². The van der Waals surface area contributed by atoms with Crippen molar-refractivity contribution in [2.24, 2.45) is 12.0 Å². The molecule has 1 fully saturated rings. The molecule has 1 N–H and O–H groups in total. The first-order valence-electron chi connectivity index (χ1n) is 9.40. The van der Waals surface area contributed by atoms with Crippen LogP contribution in [0.25, 0.3) is 0 Å². The molecule has 0 bridgehead atoms. The Labute approximate surface area is 156 Å². The number of hydrogen-bond acceptors (Lipinski definition) is 3. The van der Waals surface area contributed by atoms with Crippen LogP contribution in [0.2, 0.25) is 0 Å². The molecule has 1 aliphatic rings. The third kappa shape index (κ3) is 4.85. The lowest BCUT2D eigenvalue weighted by atomic mass is 10.1. The van der Waals surface area contributed by atoms with Crippen molar-refractivity contribution >= 4 is 11.6 Å². The Morgan fingerprint density at radius 1 is 1.19 bits per heavy atom. The van der Waals surface area contributed by atoms with E-state index in [1.165, 1.54) is 24.8 Å². The van der Waals surface area contributed by atoms with E-state index in [-0.39, 0.29) is 6.04 Å². The normalized spacial score (nSPS) is 16.8. The number of guanidine groups is 1. The summed E-state index contributed by atoms with van der Waals surface area (Å²) in [6.07, 6.45) is 7.78. The van der Waals surface area contributed by atoms with Gasteiger partial charge >= 0.3 is 0 Å². The molecule has 1 saturated heterocycles. The van der Waals surface area contributed by atoms with E-state index in [4.69, 9.17) is 4.99 Å². The molecule has 0 aliphatic carbocycles. The van der Waals surface area contributed by atoms with Crippen molar-refractivity contribution in [1.82, 2.24) is 19.6 Å². The van der Waals surface area contributed by atoms with Gasteiger partial charge in [0.2, 0.25) is 0 Å². The van der Waals surface area contributed by atoms with Gasteiger partial charge in [-0.1, -0.05) is 18.2 Å². The van der Waals surface area contributed by atoms with Crippen LogP contribution in [0.5, 0.6) is 0 Å². The Hall–Kier alpha value is -2.34. The highest BCUT2D eigenvalue weighted by Crippen LogP contribution is 2.19. The molecule has 1 unspecified atom stereocenters. The summed E-state index contributed by atoms with van der Waals surface area (Å²) in [5.74, 6) is 0.978. The Morgan fingerprint density at radius 2 is 1.92 bits per heavy atom. The van der Waals surface area contributed by atoms with Crippen molar-refractivity contribution in [2.75, 3.05) is 39.0 Å². The number of para-hydroxylation sites is 1. The highest BCUT2D eigenvalue weighted by Gasteiger charge is 2.19.